The van der Waals surface area contributed by atoms with Crippen molar-refractivity contribution in [2.24, 2.45) is 0 Å². The van der Waals surface area contributed by atoms with Gasteiger partial charge in [0.2, 0.25) is 5.95 Å². The maximum absolute atomic E-state index is 13.1. The zero-order valence-electron chi connectivity index (χ0n) is 24.9. The molecule has 12 nitrogen and oxygen atoms in total. The second-order valence-electron chi connectivity index (χ2n) is 11.1. The van der Waals surface area contributed by atoms with Crippen molar-refractivity contribution in [2.45, 2.75) is 58.9 Å². The third-order valence-corrected chi connectivity index (χ3v) is 7.73. The van der Waals surface area contributed by atoms with Crippen molar-refractivity contribution in [3.63, 3.8) is 0 Å². The molecule has 2 aliphatic rings. The molecule has 1 fully saturated rings. The molecule has 1 saturated heterocycles. The van der Waals surface area contributed by atoms with E-state index in [4.69, 9.17) is 13.9 Å². The third kappa shape index (κ3) is 7.18. The highest BCUT2D eigenvalue weighted by Crippen LogP contribution is 2.30. The lowest BCUT2D eigenvalue weighted by molar-refractivity contribution is 0.0209. The van der Waals surface area contributed by atoms with Gasteiger partial charge in [-0.3, -0.25) is 9.69 Å². The van der Waals surface area contributed by atoms with E-state index in [1.54, 1.807) is 6.07 Å². The van der Waals surface area contributed by atoms with Crippen LogP contribution in [0.15, 0.2) is 29.0 Å². The van der Waals surface area contributed by atoms with Crippen LogP contribution >= 0.6 is 0 Å². The Kier molecular flexibility index (Phi) is 9.55. The highest BCUT2D eigenvalue weighted by molar-refractivity contribution is 5.93. The fourth-order valence-corrected chi connectivity index (χ4v) is 5.22. The Morgan fingerprint density at radius 1 is 1.29 bits per heavy atom. The summed E-state index contributed by atoms with van der Waals surface area (Å²) in [6, 6.07) is 5.91. The molecule has 2 aliphatic heterocycles. The van der Waals surface area contributed by atoms with Crippen molar-refractivity contribution < 1.29 is 23.8 Å². The first-order valence-electron chi connectivity index (χ1n) is 14.6. The van der Waals surface area contributed by atoms with Crippen molar-refractivity contribution >= 4 is 17.7 Å². The molecular weight excluding hydrogens is 538 g/mol. The Balaban J connectivity index is 1.15. The Bertz CT molecular complexity index is 1380. The number of ether oxygens (including phenoxy) is 2. The van der Waals surface area contributed by atoms with Crippen molar-refractivity contribution in [2.75, 3.05) is 56.7 Å². The Labute approximate surface area is 246 Å². The summed E-state index contributed by atoms with van der Waals surface area (Å²) in [7, 11) is 1.91. The number of nitrogens with zero attached hydrogens (tertiary/aromatic N) is 5. The number of oxazole rings is 1. The van der Waals surface area contributed by atoms with E-state index >= 15 is 0 Å². The number of benzene rings is 1. The van der Waals surface area contributed by atoms with Crippen LogP contribution in [0.4, 0.5) is 11.8 Å². The van der Waals surface area contributed by atoms with E-state index in [0.717, 1.165) is 55.2 Å². The van der Waals surface area contributed by atoms with Crippen molar-refractivity contribution in [1.82, 2.24) is 25.2 Å². The maximum Gasteiger partial charge on any atom is 0.270 e. The quantitative estimate of drug-likeness (QED) is 0.275. The van der Waals surface area contributed by atoms with Crippen molar-refractivity contribution in [1.29, 1.82) is 0 Å². The predicted octanol–water partition coefficient (Wildman–Crippen LogP) is 2.47. The minimum Gasteiger partial charge on any atom is -0.485 e. The average molecular weight is 580 g/mol. The molecule has 1 atom stereocenters. The molecule has 0 unspecified atom stereocenters. The van der Waals surface area contributed by atoms with Crippen LogP contribution in [0, 0.1) is 13.8 Å². The van der Waals surface area contributed by atoms with Crippen LogP contribution in [0.1, 0.15) is 52.0 Å². The highest BCUT2D eigenvalue weighted by atomic mass is 16.5. The molecule has 3 N–H and O–H groups in total. The van der Waals surface area contributed by atoms with E-state index in [1.165, 1.54) is 17.5 Å². The molecule has 0 radical (unpaired) electrons. The number of aliphatic hydroxyl groups is 1. The van der Waals surface area contributed by atoms with E-state index in [-0.39, 0.29) is 24.2 Å². The van der Waals surface area contributed by atoms with E-state index in [1.807, 2.05) is 24.9 Å². The normalized spacial score (nSPS) is 15.9. The zero-order valence-corrected chi connectivity index (χ0v) is 24.9. The Hall–Kier alpha value is -3.74. The summed E-state index contributed by atoms with van der Waals surface area (Å²) in [5, 5.41) is 17.0. The molecule has 4 heterocycles. The highest BCUT2D eigenvalue weighted by Gasteiger charge is 2.24. The number of fused-ring (bicyclic) bond motifs is 1. The van der Waals surface area contributed by atoms with E-state index < -0.39 is 6.10 Å². The number of amides is 1. The van der Waals surface area contributed by atoms with Crippen LogP contribution in [-0.4, -0.2) is 89.5 Å². The van der Waals surface area contributed by atoms with Gasteiger partial charge in [-0.1, -0.05) is 13.0 Å². The summed E-state index contributed by atoms with van der Waals surface area (Å²) in [4.78, 5) is 30.4. The molecule has 12 heteroatoms. The molecule has 42 heavy (non-hydrogen) atoms. The summed E-state index contributed by atoms with van der Waals surface area (Å²) in [5.74, 6) is 2.30. The minimum atomic E-state index is -0.724. The summed E-state index contributed by atoms with van der Waals surface area (Å²) >= 11 is 0. The lowest BCUT2D eigenvalue weighted by atomic mass is 9.94. The van der Waals surface area contributed by atoms with Gasteiger partial charge in [-0.15, -0.1) is 0 Å². The van der Waals surface area contributed by atoms with Crippen molar-refractivity contribution in [3.8, 4) is 5.75 Å². The number of aryl methyl sites for hydroxylation is 1. The largest absolute Gasteiger partial charge is 0.485 e. The fourth-order valence-electron chi connectivity index (χ4n) is 5.22. The van der Waals surface area contributed by atoms with Crippen LogP contribution in [0.2, 0.25) is 0 Å². The Morgan fingerprint density at radius 2 is 2.12 bits per heavy atom. The van der Waals surface area contributed by atoms with E-state index in [2.05, 4.69) is 50.4 Å². The molecule has 0 saturated carbocycles. The number of aromatic nitrogens is 3. The van der Waals surface area contributed by atoms with Gasteiger partial charge in [-0.25, -0.2) is 9.97 Å². The van der Waals surface area contributed by atoms with Gasteiger partial charge >= 0.3 is 0 Å². The number of hydrogen-bond acceptors (Lipinski definition) is 11. The lowest BCUT2D eigenvalue weighted by Gasteiger charge is -2.31. The first-order chi connectivity index (χ1) is 20.3. The fraction of sp³-hybridized carbons (Fsp3) is 0.533. The van der Waals surface area contributed by atoms with Crippen LogP contribution in [-0.2, 0) is 24.3 Å². The van der Waals surface area contributed by atoms with Gasteiger partial charge in [0.25, 0.3) is 5.91 Å². The minimum absolute atomic E-state index is 0.123. The topological polar surface area (TPSA) is 138 Å². The summed E-state index contributed by atoms with van der Waals surface area (Å²) in [5.41, 5.74) is 4.73. The van der Waals surface area contributed by atoms with Crippen LogP contribution in [0.3, 0.4) is 0 Å². The number of β-amino-alcohol motifs (C(OH)–C–C–N with tert-alkyl or cyclic N) is 1. The van der Waals surface area contributed by atoms with E-state index in [9.17, 15) is 9.90 Å². The second kappa shape index (κ2) is 13.5. The van der Waals surface area contributed by atoms with Gasteiger partial charge < -0.3 is 34.5 Å². The average Bonchev–Trinajstić information content (AvgIpc) is 3.37. The Morgan fingerprint density at radius 3 is 2.83 bits per heavy atom. The van der Waals surface area contributed by atoms with Crippen LogP contribution < -0.4 is 20.3 Å². The smallest absolute Gasteiger partial charge is 0.270 e. The van der Waals surface area contributed by atoms with Crippen LogP contribution in [0.5, 0.6) is 5.75 Å². The van der Waals surface area contributed by atoms with E-state index in [0.29, 0.717) is 38.1 Å². The van der Waals surface area contributed by atoms with Gasteiger partial charge in [0.15, 0.2) is 12.2 Å². The number of carbonyl (C=O) groups excluding carboxylic acids is 1. The van der Waals surface area contributed by atoms with Gasteiger partial charge in [0, 0.05) is 45.8 Å². The monoisotopic (exact) mass is 579 g/mol. The van der Waals surface area contributed by atoms with Gasteiger partial charge in [-0.05, 0) is 49.4 Å². The molecule has 0 aliphatic carbocycles. The van der Waals surface area contributed by atoms with Crippen molar-refractivity contribution in [3.05, 3.63) is 58.4 Å². The molecule has 5 rings (SSSR count). The number of aliphatic hydroxyl groups excluding tert-OH is 1. The molecule has 3 aromatic rings. The molecular formula is C30H41N7O5. The van der Waals surface area contributed by atoms with Crippen LogP contribution in [0.25, 0.3) is 0 Å². The molecule has 0 bridgehead atoms. The third-order valence-electron chi connectivity index (χ3n) is 7.73. The number of nitrogens with one attached hydrogen (secondary N) is 2. The summed E-state index contributed by atoms with van der Waals surface area (Å²) < 4.78 is 16.7. The maximum atomic E-state index is 13.1. The molecule has 0 spiro atoms. The SMILES string of the molecule is CCCN(C)c1nc(NC2COC2)cc(C(=O)NC[C@H](O)CN2CCc3c(ccc(OCc4ocnc4C)c3C)C2)n1. The number of anilines is 2. The summed E-state index contributed by atoms with van der Waals surface area (Å²) in [6.07, 6.45) is 2.50. The number of carbonyl (C=O) groups is 1. The number of rotatable bonds is 13. The zero-order chi connectivity index (χ0) is 29.6. The van der Waals surface area contributed by atoms with Gasteiger partial charge in [-0.2, -0.15) is 4.98 Å². The standard InChI is InChI=1S/C30H41N7O5/c1-5-9-36(4)30-34-25(11-28(35-30)33-22-15-40-16-22)29(39)31-12-23(38)14-37-10-8-24-19(2)26(7-6-21(24)13-37)41-17-27-20(3)32-18-42-27/h6-7,11,18,22-23,38H,5,8-10,12-17H2,1-4H3,(H,31,39)(H,33,34,35)/t23-/m0/s1. The lowest BCUT2D eigenvalue weighted by Crippen LogP contribution is -2.42. The second-order valence-corrected chi connectivity index (χ2v) is 11.1. The van der Waals surface area contributed by atoms with Gasteiger partial charge in [0.1, 0.15) is 23.9 Å². The number of hydrogen-bond donors (Lipinski definition) is 3. The molecule has 226 valence electrons. The van der Waals surface area contributed by atoms with Gasteiger partial charge in [0.05, 0.1) is 31.1 Å². The molecule has 2 aromatic heterocycles. The first kappa shape index (κ1) is 29.7. The first-order valence-corrected chi connectivity index (χ1v) is 14.6. The predicted molar refractivity (Wildman–Crippen MR) is 158 cm³/mol. The molecule has 1 aromatic carbocycles. The molecule has 1 amide bonds. The summed E-state index contributed by atoms with van der Waals surface area (Å²) in [6.45, 7) is 10.5.